The van der Waals surface area contributed by atoms with Crippen LogP contribution in [0.15, 0.2) is 58.4 Å². The van der Waals surface area contributed by atoms with Gasteiger partial charge in [-0.15, -0.1) is 10.2 Å². The lowest BCUT2D eigenvalue weighted by Gasteiger charge is -2.04. The summed E-state index contributed by atoms with van der Waals surface area (Å²) in [6.07, 6.45) is 3.30. The zero-order chi connectivity index (χ0) is 20.4. The van der Waals surface area contributed by atoms with Gasteiger partial charge in [0.05, 0.1) is 18.6 Å². The Labute approximate surface area is 170 Å². The van der Waals surface area contributed by atoms with E-state index in [9.17, 15) is 9.59 Å². The second-order valence-corrected chi connectivity index (χ2v) is 7.44. The number of carbonyl (C=O) groups is 2. The summed E-state index contributed by atoms with van der Waals surface area (Å²) in [5, 5.41) is 12.5. The molecule has 0 spiro atoms. The van der Waals surface area contributed by atoms with E-state index in [0.717, 1.165) is 10.9 Å². The molecule has 0 aliphatic rings. The Bertz CT molecular complexity index is 1180. The van der Waals surface area contributed by atoms with Crippen LogP contribution in [0.5, 0.6) is 0 Å². The molecular weight excluding hydrogens is 390 g/mol. The van der Waals surface area contributed by atoms with Gasteiger partial charge in [-0.25, -0.2) is 0 Å². The monoisotopic (exact) mass is 409 g/mol. The van der Waals surface area contributed by atoms with Gasteiger partial charge >= 0.3 is 0 Å². The van der Waals surface area contributed by atoms with Crippen LogP contribution in [0.1, 0.15) is 26.7 Å². The maximum Gasteiger partial charge on any atom is 0.287 e. The van der Waals surface area contributed by atoms with Crippen molar-refractivity contribution in [3.8, 4) is 0 Å². The molecular formula is C20H19N5O3S. The van der Waals surface area contributed by atoms with Crippen LogP contribution in [0, 0.1) is 0 Å². The number of hydrogen-bond acceptors (Lipinski definition) is 6. The predicted molar refractivity (Wildman–Crippen MR) is 109 cm³/mol. The van der Waals surface area contributed by atoms with Crippen LogP contribution in [-0.2, 0) is 20.6 Å². The molecule has 0 saturated carbocycles. The summed E-state index contributed by atoms with van der Waals surface area (Å²) in [5.74, 6) is 0.784. The average molecular weight is 409 g/mol. The minimum absolute atomic E-state index is 0.0301. The number of Topliss-reactive ketones (excluding diaryl/α,β-unsaturated/α-hetero) is 1. The Balaban J connectivity index is 1.40. The van der Waals surface area contributed by atoms with Gasteiger partial charge in [0.15, 0.2) is 22.5 Å². The van der Waals surface area contributed by atoms with Crippen LogP contribution in [-0.4, -0.2) is 36.8 Å². The molecule has 8 nitrogen and oxygen atoms in total. The van der Waals surface area contributed by atoms with E-state index in [2.05, 4.69) is 15.5 Å². The number of ketones is 1. The Hall–Kier alpha value is -3.33. The Morgan fingerprint density at radius 3 is 2.76 bits per heavy atom. The molecule has 29 heavy (non-hydrogen) atoms. The average Bonchev–Trinajstić information content (AvgIpc) is 3.45. The highest BCUT2D eigenvalue weighted by atomic mass is 32.2. The number of benzene rings is 1. The molecule has 0 unspecified atom stereocenters. The van der Waals surface area contributed by atoms with Crippen LogP contribution >= 0.6 is 11.8 Å². The van der Waals surface area contributed by atoms with E-state index in [1.807, 2.05) is 42.1 Å². The maximum absolute atomic E-state index is 12.8. The van der Waals surface area contributed by atoms with Crippen LogP contribution in [0.4, 0.5) is 0 Å². The fourth-order valence-electron chi connectivity index (χ4n) is 3.05. The smallest absolute Gasteiger partial charge is 0.287 e. The van der Waals surface area contributed by atoms with Crippen LogP contribution in [0.2, 0.25) is 0 Å². The van der Waals surface area contributed by atoms with Crippen molar-refractivity contribution in [2.24, 2.45) is 14.1 Å². The number of thioether (sulfide) groups is 1. The topological polar surface area (TPSA) is 95.0 Å². The maximum atomic E-state index is 12.8. The number of furan rings is 1. The van der Waals surface area contributed by atoms with Gasteiger partial charge in [-0.2, -0.15) is 0 Å². The van der Waals surface area contributed by atoms with Crippen molar-refractivity contribution in [2.75, 3.05) is 5.75 Å². The molecule has 0 fully saturated rings. The van der Waals surface area contributed by atoms with E-state index in [1.165, 1.54) is 18.0 Å². The van der Waals surface area contributed by atoms with Crippen molar-refractivity contribution in [1.82, 2.24) is 24.6 Å². The summed E-state index contributed by atoms with van der Waals surface area (Å²) in [7, 11) is 3.73. The SMILES string of the molecule is Cn1c(CNC(=O)c2ccco2)nnc1SCC(=O)c1cn(C)c2ccccc12. The molecule has 0 saturated heterocycles. The zero-order valence-corrected chi connectivity index (χ0v) is 16.8. The normalized spacial score (nSPS) is 11.1. The highest BCUT2D eigenvalue weighted by molar-refractivity contribution is 7.99. The summed E-state index contributed by atoms with van der Waals surface area (Å²) in [6.45, 7) is 0.209. The quantitative estimate of drug-likeness (QED) is 0.373. The largest absolute Gasteiger partial charge is 0.459 e. The minimum atomic E-state index is -0.321. The van der Waals surface area contributed by atoms with Crippen LogP contribution in [0.3, 0.4) is 0 Å². The van der Waals surface area contributed by atoms with Crippen molar-refractivity contribution >= 4 is 34.4 Å². The Kier molecular flexibility index (Phi) is 5.22. The lowest BCUT2D eigenvalue weighted by Crippen LogP contribution is -2.24. The number of nitrogens with zero attached hydrogens (tertiary/aromatic N) is 4. The second-order valence-electron chi connectivity index (χ2n) is 6.50. The highest BCUT2D eigenvalue weighted by Crippen LogP contribution is 2.23. The van der Waals surface area contributed by atoms with E-state index < -0.39 is 0 Å². The minimum Gasteiger partial charge on any atom is -0.459 e. The van der Waals surface area contributed by atoms with Gasteiger partial charge in [-0.3, -0.25) is 9.59 Å². The third-order valence-corrected chi connectivity index (χ3v) is 5.63. The second kappa shape index (κ2) is 7.96. The number of aryl methyl sites for hydroxylation is 1. The van der Waals surface area contributed by atoms with Crippen LogP contribution in [0.25, 0.3) is 10.9 Å². The third-order valence-electron chi connectivity index (χ3n) is 4.61. The van der Waals surface area contributed by atoms with Gasteiger partial charge in [0.1, 0.15) is 0 Å². The summed E-state index contributed by atoms with van der Waals surface area (Å²) in [5.41, 5.74) is 1.72. The number of nitrogens with one attached hydrogen (secondary N) is 1. The molecule has 3 aromatic heterocycles. The van der Waals surface area contributed by atoms with Gasteiger partial charge in [0.2, 0.25) is 0 Å². The Morgan fingerprint density at radius 2 is 1.97 bits per heavy atom. The number of rotatable bonds is 7. The highest BCUT2D eigenvalue weighted by Gasteiger charge is 2.17. The summed E-state index contributed by atoms with van der Waals surface area (Å²) in [4.78, 5) is 24.7. The molecule has 0 radical (unpaired) electrons. The fraction of sp³-hybridized carbons (Fsp3) is 0.200. The number of para-hydroxylation sites is 1. The van der Waals surface area contributed by atoms with Gasteiger partial charge < -0.3 is 18.9 Å². The van der Waals surface area contributed by atoms with Crippen molar-refractivity contribution in [2.45, 2.75) is 11.7 Å². The molecule has 9 heteroatoms. The first-order valence-corrected chi connectivity index (χ1v) is 9.93. The lowest BCUT2D eigenvalue weighted by molar-refractivity contribution is 0.0921. The molecule has 148 valence electrons. The number of carbonyl (C=O) groups excluding carboxylic acids is 2. The zero-order valence-electron chi connectivity index (χ0n) is 16.0. The fourth-order valence-corrected chi connectivity index (χ4v) is 3.86. The van der Waals surface area contributed by atoms with Crippen molar-refractivity contribution < 1.29 is 14.0 Å². The van der Waals surface area contributed by atoms with E-state index in [4.69, 9.17) is 4.42 Å². The van der Waals surface area contributed by atoms with Gasteiger partial charge in [-0.05, 0) is 18.2 Å². The molecule has 0 bridgehead atoms. The molecule has 4 aromatic rings. The molecule has 0 aliphatic heterocycles. The molecule has 0 atom stereocenters. The van der Waals surface area contributed by atoms with Crippen molar-refractivity contribution in [1.29, 1.82) is 0 Å². The van der Waals surface area contributed by atoms with Crippen LogP contribution < -0.4 is 5.32 Å². The van der Waals surface area contributed by atoms with E-state index in [0.29, 0.717) is 16.5 Å². The lowest BCUT2D eigenvalue weighted by atomic mass is 10.1. The van der Waals surface area contributed by atoms with Gasteiger partial charge in [0, 0.05) is 36.8 Å². The van der Waals surface area contributed by atoms with Crippen molar-refractivity contribution in [3.63, 3.8) is 0 Å². The summed E-state index contributed by atoms with van der Waals surface area (Å²) >= 11 is 1.32. The predicted octanol–water partition coefficient (Wildman–Crippen LogP) is 2.80. The Morgan fingerprint density at radius 1 is 1.14 bits per heavy atom. The van der Waals surface area contributed by atoms with E-state index in [1.54, 1.807) is 23.7 Å². The summed E-state index contributed by atoms with van der Waals surface area (Å²) < 4.78 is 8.78. The summed E-state index contributed by atoms with van der Waals surface area (Å²) in [6, 6.07) is 11.1. The molecule has 1 aromatic carbocycles. The van der Waals surface area contributed by atoms with Gasteiger partial charge in [0.25, 0.3) is 5.91 Å². The number of aromatic nitrogens is 4. The van der Waals surface area contributed by atoms with E-state index in [-0.39, 0.29) is 29.7 Å². The standard InChI is InChI=1S/C20H19N5O3S/c1-24-11-14(13-6-3-4-7-15(13)24)16(26)12-29-20-23-22-18(25(20)2)10-21-19(27)17-8-5-9-28-17/h3-9,11H,10,12H2,1-2H3,(H,21,27). The first kappa shape index (κ1) is 19.0. The first-order chi connectivity index (χ1) is 14.0. The number of fused-ring (bicyclic) bond motifs is 1. The van der Waals surface area contributed by atoms with E-state index >= 15 is 0 Å². The first-order valence-electron chi connectivity index (χ1n) is 8.94. The molecule has 1 amide bonds. The van der Waals surface area contributed by atoms with Crippen molar-refractivity contribution in [3.05, 3.63) is 66.0 Å². The molecule has 3 heterocycles. The van der Waals surface area contributed by atoms with Gasteiger partial charge in [-0.1, -0.05) is 30.0 Å². The third kappa shape index (κ3) is 3.81. The molecule has 4 rings (SSSR count). The number of amides is 1. The molecule has 0 aliphatic carbocycles. The molecule has 1 N–H and O–H groups in total. The number of hydrogen-bond donors (Lipinski definition) is 1.